The quantitative estimate of drug-likeness (QED) is 0.846. The molecule has 2 rings (SSSR count). The lowest BCUT2D eigenvalue weighted by atomic mass is 10.1. The summed E-state index contributed by atoms with van der Waals surface area (Å²) in [6.07, 6.45) is 0. The number of halogens is 2. The molecule has 0 aliphatic rings. The van der Waals surface area contributed by atoms with Crippen LogP contribution >= 0.6 is 27.5 Å². The largest absolute Gasteiger partial charge is 0.478 e. The van der Waals surface area contributed by atoms with Gasteiger partial charge in [0.15, 0.2) is 0 Å². The third-order valence-corrected chi connectivity index (χ3v) is 3.96. The molecule has 2 aromatic rings. The van der Waals surface area contributed by atoms with Crippen molar-refractivity contribution < 1.29 is 14.7 Å². The van der Waals surface area contributed by atoms with Crippen LogP contribution in [-0.2, 0) is 0 Å². The molecule has 1 amide bonds. The zero-order chi connectivity index (χ0) is 15.6. The van der Waals surface area contributed by atoms with E-state index >= 15 is 0 Å². The van der Waals surface area contributed by atoms with Gasteiger partial charge in [-0.3, -0.25) is 4.79 Å². The van der Waals surface area contributed by atoms with Crippen molar-refractivity contribution in [1.82, 2.24) is 0 Å². The number of amides is 1. The first-order valence-corrected chi connectivity index (χ1v) is 7.16. The van der Waals surface area contributed by atoms with Crippen LogP contribution in [0.3, 0.4) is 0 Å². The second-order valence-corrected chi connectivity index (χ2v) is 5.68. The summed E-state index contributed by atoms with van der Waals surface area (Å²) in [4.78, 5) is 23.0. The Bertz CT molecular complexity index is 731. The Labute approximate surface area is 134 Å². The van der Waals surface area contributed by atoms with Crippen LogP contribution in [0.2, 0.25) is 5.02 Å². The topological polar surface area (TPSA) is 66.4 Å². The summed E-state index contributed by atoms with van der Waals surface area (Å²) in [5.41, 5.74) is 1.93. The average Bonchev–Trinajstić information content (AvgIpc) is 2.43. The molecule has 0 spiro atoms. The number of carboxylic acids is 1. The normalized spacial score (nSPS) is 10.2. The zero-order valence-electron chi connectivity index (χ0n) is 11.0. The Hall–Kier alpha value is -1.85. The van der Waals surface area contributed by atoms with Gasteiger partial charge in [0, 0.05) is 15.1 Å². The first-order valence-electron chi connectivity index (χ1n) is 5.99. The van der Waals surface area contributed by atoms with E-state index in [0.717, 1.165) is 5.56 Å². The second-order valence-electron chi connectivity index (χ2n) is 4.42. The van der Waals surface area contributed by atoms with Crippen molar-refractivity contribution in [2.45, 2.75) is 6.92 Å². The van der Waals surface area contributed by atoms with E-state index in [0.29, 0.717) is 20.7 Å². The molecule has 0 bridgehead atoms. The number of aromatic carboxylic acids is 1. The molecule has 0 atom stereocenters. The third-order valence-electron chi connectivity index (χ3n) is 2.88. The Kier molecular flexibility index (Phi) is 4.65. The van der Waals surface area contributed by atoms with Gasteiger partial charge in [-0.2, -0.15) is 0 Å². The number of anilines is 1. The molecular weight excluding hydrogens is 358 g/mol. The van der Waals surface area contributed by atoms with Crippen LogP contribution in [0.5, 0.6) is 0 Å². The molecule has 2 aromatic carbocycles. The summed E-state index contributed by atoms with van der Waals surface area (Å²) in [6, 6.07) is 9.38. The summed E-state index contributed by atoms with van der Waals surface area (Å²) in [5.74, 6) is -1.32. The number of carboxylic acid groups (broad SMARTS) is 1. The van der Waals surface area contributed by atoms with Crippen molar-refractivity contribution >= 4 is 45.1 Å². The minimum atomic E-state index is -1.03. The van der Waals surface area contributed by atoms with Crippen molar-refractivity contribution in [1.29, 1.82) is 0 Å². The molecule has 0 saturated carbocycles. The predicted octanol–water partition coefficient (Wildman–Crippen LogP) is 4.36. The summed E-state index contributed by atoms with van der Waals surface area (Å²) < 4.78 is 0.501. The number of hydrogen-bond acceptors (Lipinski definition) is 2. The van der Waals surface area contributed by atoms with Crippen molar-refractivity contribution in [3.63, 3.8) is 0 Å². The molecule has 0 heterocycles. The van der Waals surface area contributed by atoms with Gasteiger partial charge < -0.3 is 10.4 Å². The van der Waals surface area contributed by atoms with Crippen LogP contribution in [0, 0.1) is 6.92 Å². The Morgan fingerprint density at radius 3 is 2.38 bits per heavy atom. The fraction of sp³-hybridized carbons (Fsp3) is 0.0667. The summed E-state index contributed by atoms with van der Waals surface area (Å²) in [5, 5.41) is 12.2. The maximum Gasteiger partial charge on any atom is 0.335 e. The van der Waals surface area contributed by atoms with E-state index in [9.17, 15) is 9.59 Å². The highest BCUT2D eigenvalue weighted by Gasteiger charge is 2.11. The molecule has 21 heavy (non-hydrogen) atoms. The number of carbonyl (C=O) groups excluding carboxylic acids is 1. The van der Waals surface area contributed by atoms with Crippen LogP contribution in [0.15, 0.2) is 40.9 Å². The van der Waals surface area contributed by atoms with Crippen LogP contribution in [-0.4, -0.2) is 17.0 Å². The molecule has 0 fully saturated rings. The van der Waals surface area contributed by atoms with Gasteiger partial charge in [-0.1, -0.05) is 11.6 Å². The highest BCUT2D eigenvalue weighted by Crippen LogP contribution is 2.25. The summed E-state index contributed by atoms with van der Waals surface area (Å²) in [6.45, 7) is 1.82. The standard InChI is InChI=1S/C15H11BrClNO3/c1-8-6-9(2-4-12(8)17)14(19)18-13-5-3-10(15(20)21)7-11(13)16/h2-7H,1H3,(H,18,19)(H,20,21). The average molecular weight is 369 g/mol. The van der Waals surface area contributed by atoms with Gasteiger partial charge >= 0.3 is 5.97 Å². The predicted molar refractivity (Wildman–Crippen MR) is 85.2 cm³/mol. The molecule has 0 aromatic heterocycles. The second kappa shape index (κ2) is 6.28. The van der Waals surface area contributed by atoms with E-state index in [1.54, 1.807) is 18.2 Å². The summed E-state index contributed by atoms with van der Waals surface area (Å²) in [7, 11) is 0. The number of aryl methyl sites for hydroxylation is 1. The van der Waals surface area contributed by atoms with Gasteiger partial charge in [0.25, 0.3) is 5.91 Å². The SMILES string of the molecule is Cc1cc(C(=O)Nc2ccc(C(=O)O)cc2Br)ccc1Cl. The van der Waals surface area contributed by atoms with E-state index in [1.807, 2.05) is 6.92 Å². The van der Waals surface area contributed by atoms with Crippen LogP contribution in [0.4, 0.5) is 5.69 Å². The van der Waals surface area contributed by atoms with Gasteiger partial charge in [-0.05, 0) is 64.8 Å². The Morgan fingerprint density at radius 1 is 1.14 bits per heavy atom. The van der Waals surface area contributed by atoms with E-state index in [-0.39, 0.29) is 11.5 Å². The molecule has 0 saturated heterocycles. The third kappa shape index (κ3) is 3.62. The molecule has 108 valence electrons. The fourth-order valence-corrected chi connectivity index (χ4v) is 2.33. The lowest BCUT2D eigenvalue weighted by molar-refractivity contribution is 0.0696. The first kappa shape index (κ1) is 15.5. The zero-order valence-corrected chi connectivity index (χ0v) is 13.3. The van der Waals surface area contributed by atoms with E-state index in [1.165, 1.54) is 18.2 Å². The minimum Gasteiger partial charge on any atom is -0.478 e. The molecule has 0 aliphatic heterocycles. The van der Waals surface area contributed by atoms with Crippen LogP contribution in [0.25, 0.3) is 0 Å². The molecular formula is C15H11BrClNO3. The monoisotopic (exact) mass is 367 g/mol. The van der Waals surface area contributed by atoms with Crippen molar-refractivity contribution in [2.24, 2.45) is 0 Å². The number of carbonyl (C=O) groups is 2. The number of nitrogens with one attached hydrogen (secondary N) is 1. The van der Waals surface area contributed by atoms with Gasteiger partial charge in [0.05, 0.1) is 11.3 Å². The minimum absolute atomic E-state index is 0.141. The molecule has 0 aliphatic carbocycles. The molecule has 6 heteroatoms. The molecule has 4 nitrogen and oxygen atoms in total. The fourth-order valence-electron chi connectivity index (χ4n) is 1.73. The van der Waals surface area contributed by atoms with Gasteiger partial charge in [0.1, 0.15) is 0 Å². The molecule has 2 N–H and O–H groups in total. The van der Waals surface area contributed by atoms with Gasteiger partial charge in [-0.25, -0.2) is 4.79 Å². The van der Waals surface area contributed by atoms with Gasteiger partial charge in [-0.15, -0.1) is 0 Å². The van der Waals surface area contributed by atoms with Crippen LogP contribution in [0.1, 0.15) is 26.3 Å². The highest BCUT2D eigenvalue weighted by molar-refractivity contribution is 9.10. The maximum absolute atomic E-state index is 12.2. The first-order chi connectivity index (χ1) is 9.88. The lowest BCUT2D eigenvalue weighted by Gasteiger charge is -2.09. The van der Waals surface area contributed by atoms with E-state index < -0.39 is 5.97 Å². The van der Waals surface area contributed by atoms with Crippen molar-refractivity contribution in [3.8, 4) is 0 Å². The smallest absolute Gasteiger partial charge is 0.335 e. The maximum atomic E-state index is 12.2. The number of hydrogen-bond donors (Lipinski definition) is 2. The van der Waals surface area contributed by atoms with Gasteiger partial charge in [0.2, 0.25) is 0 Å². The van der Waals surface area contributed by atoms with E-state index in [4.69, 9.17) is 16.7 Å². The number of rotatable bonds is 3. The van der Waals surface area contributed by atoms with Crippen LogP contribution < -0.4 is 5.32 Å². The van der Waals surface area contributed by atoms with Crippen molar-refractivity contribution in [3.05, 3.63) is 62.6 Å². The Balaban J connectivity index is 2.23. The lowest BCUT2D eigenvalue weighted by Crippen LogP contribution is -2.12. The highest BCUT2D eigenvalue weighted by atomic mass is 79.9. The molecule has 0 unspecified atom stereocenters. The Morgan fingerprint density at radius 2 is 1.81 bits per heavy atom. The van der Waals surface area contributed by atoms with E-state index in [2.05, 4.69) is 21.2 Å². The summed E-state index contributed by atoms with van der Waals surface area (Å²) >= 11 is 9.17. The number of benzene rings is 2. The molecule has 0 radical (unpaired) electrons. The van der Waals surface area contributed by atoms with Crippen molar-refractivity contribution in [2.75, 3.05) is 5.32 Å².